The predicted octanol–water partition coefficient (Wildman–Crippen LogP) is 4.12. The van der Waals surface area contributed by atoms with E-state index in [1.165, 1.54) is 22.5 Å². The van der Waals surface area contributed by atoms with Crippen LogP contribution in [0.15, 0.2) is 83.8 Å². The normalized spacial score (nSPS) is 23.6. The van der Waals surface area contributed by atoms with E-state index in [0.717, 1.165) is 16.7 Å². The lowest BCUT2D eigenvalue weighted by Crippen LogP contribution is -2.73. The van der Waals surface area contributed by atoms with Crippen molar-refractivity contribution < 1.29 is 12.8 Å². The molecule has 3 aromatic carbocycles. The number of rotatable bonds is 5. The van der Waals surface area contributed by atoms with Gasteiger partial charge in [0, 0.05) is 31.1 Å². The van der Waals surface area contributed by atoms with E-state index in [4.69, 9.17) is 0 Å². The number of benzene rings is 3. The van der Waals surface area contributed by atoms with Gasteiger partial charge in [-0.05, 0) is 28.8 Å². The maximum absolute atomic E-state index is 14.2. The van der Waals surface area contributed by atoms with Crippen molar-refractivity contribution in [3.8, 4) is 0 Å². The minimum atomic E-state index is -3.87. The number of piperazine rings is 1. The lowest BCUT2D eigenvalue weighted by atomic mass is 9.75. The third-order valence-corrected chi connectivity index (χ3v) is 8.15. The molecular weight excluding hydrogens is 411 g/mol. The fourth-order valence-corrected chi connectivity index (χ4v) is 6.60. The summed E-state index contributed by atoms with van der Waals surface area (Å²) in [6.45, 7) is 1.12. The fourth-order valence-electron chi connectivity index (χ4n) is 4.68. The Morgan fingerprint density at radius 1 is 0.806 bits per heavy atom. The molecule has 0 saturated carbocycles. The summed E-state index contributed by atoms with van der Waals surface area (Å²) in [5.74, 6) is -0.596. The van der Waals surface area contributed by atoms with Gasteiger partial charge < -0.3 is 5.32 Å². The summed E-state index contributed by atoms with van der Waals surface area (Å²) in [5, 5.41) is 3.29. The van der Waals surface area contributed by atoms with E-state index in [-0.39, 0.29) is 22.9 Å². The SMILES string of the molecule is O=S(=O)(c1ccccc1F)N1[C@@H]2CNC[C@H]1C2c1ccc(/C=C/c2ccccc2)cc1. The number of hydrogen-bond acceptors (Lipinski definition) is 3. The topological polar surface area (TPSA) is 49.4 Å². The first-order valence-electron chi connectivity index (χ1n) is 10.4. The predicted molar refractivity (Wildman–Crippen MR) is 120 cm³/mol. The molecular formula is C25H23FN2O2S. The lowest BCUT2D eigenvalue weighted by Gasteiger charge is -2.57. The summed E-state index contributed by atoms with van der Waals surface area (Å²) >= 11 is 0. The zero-order valence-electron chi connectivity index (χ0n) is 16.9. The highest BCUT2D eigenvalue weighted by Crippen LogP contribution is 2.46. The second-order valence-corrected chi connectivity index (χ2v) is 9.81. The quantitative estimate of drug-likeness (QED) is 0.615. The summed E-state index contributed by atoms with van der Waals surface area (Å²) in [4.78, 5) is -0.244. The summed E-state index contributed by atoms with van der Waals surface area (Å²) in [7, 11) is -3.87. The number of fused-ring (bicyclic) bond motifs is 2. The van der Waals surface area contributed by atoms with Gasteiger partial charge >= 0.3 is 0 Å². The van der Waals surface area contributed by atoms with Crippen molar-refractivity contribution in [1.29, 1.82) is 0 Å². The number of nitrogens with zero attached hydrogens (tertiary/aromatic N) is 1. The van der Waals surface area contributed by atoms with Crippen LogP contribution in [0.25, 0.3) is 12.2 Å². The zero-order valence-corrected chi connectivity index (χ0v) is 17.7. The van der Waals surface area contributed by atoms with Crippen LogP contribution in [0.5, 0.6) is 0 Å². The molecule has 31 heavy (non-hydrogen) atoms. The monoisotopic (exact) mass is 434 g/mol. The van der Waals surface area contributed by atoms with Crippen molar-refractivity contribution in [3.05, 3.63) is 101 Å². The molecule has 6 heteroatoms. The molecule has 2 fully saturated rings. The number of halogens is 1. The van der Waals surface area contributed by atoms with Crippen LogP contribution < -0.4 is 5.32 Å². The molecule has 0 aliphatic carbocycles. The van der Waals surface area contributed by atoms with E-state index in [1.54, 1.807) is 6.07 Å². The first-order valence-corrected chi connectivity index (χ1v) is 11.8. The van der Waals surface area contributed by atoms with Crippen LogP contribution in [-0.4, -0.2) is 37.9 Å². The van der Waals surface area contributed by atoms with Gasteiger partial charge in [0.1, 0.15) is 10.7 Å². The van der Waals surface area contributed by atoms with Gasteiger partial charge in [0.2, 0.25) is 10.0 Å². The molecule has 2 heterocycles. The largest absolute Gasteiger partial charge is 0.313 e. The Labute approximate surface area is 182 Å². The highest BCUT2D eigenvalue weighted by Gasteiger charge is 2.57. The third kappa shape index (κ3) is 3.61. The van der Waals surface area contributed by atoms with Gasteiger partial charge in [0.05, 0.1) is 0 Å². The molecule has 0 aromatic heterocycles. The highest BCUT2D eigenvalue weighted by molar-refractivity contribution is 7.89. The average molecular weight is 435 g/mol. The smallest absolute Gasteiger partial charge is 0.246 e. The third-order valence-electron chi connectivity index (χ3n) is 6.17. The molecule has 2 aliphatic rings. The molecule has 0 spiro atoms. The lowest BCUT2D eigenvalue weighted by molar-refractivity contribution is 0.0368. The molecule has 3 atom stereocenters. The van der Waals surface area contributed by atoms with Crippen LogP contribution in [0.1, 0.15) is 22.6 Å². The number of piperidine rings is 1. The minimum Gasteiger partial charge on any atom is -0.313 e. The van der Waals surface area contributed by atoms with Crippen LogP contribution in [-0.2, 0) is 10.0 Å². The number of hydrogen-bond donors (Lipinski definition) is 1. The maximum Gasteiger partial charge on any atom is 0.246 e. The molecule has 2 bridgehead atoms. The highest BCUT2D eigenvalue weighted by atomic mass is 32.2. The Morgan fingerprint density at radius 3 is 2.03 bits per heavy atom. The van der Waals surface area contributed by atoms with Crippen LogP contribution >= 0.6 is 0 Å². The van der Waals surface area contributed by atoms with Gasteiger partial charge in [-0.2, -0.15) is 4.31 Å². The molecule has 1 unspecified atom stereocenters. The van der Waals surface area contributed by atoms with Gasteiger partial charge in [-0.15, -0.1) is 0 Å². The minimum absolute atomic E-state index is 0.106. The second-order valence-electron chi connectivity index (χ2n) is 7.99. The van der Waals surface area contributed by atoms with Gasteiger partial charge in [-0.3, -0.25) is 0 Å². The van der Waals surface area contributed by atoms with E-state index >= 15 is 0 Å². The van der Waals surface area contributed by atoms with Crippen LogP contribution in [0, 0.1) is 5.82 Å². The van der Waals surface area contributed by atoms with E-state index in [9.17, 15) is 12.8 Å². The van der Waals surface area contributed by atoms with E-state index < -0.39 is 15.8 Å². The summed E-state index contributed by atoms with van der Waals surface area (Å²) in [6.07, 6.45) is 4.14. The van der Waals surface area contributed by atoms with Crippen molar-refractivity contribution in [1.82, 2.24) is 9.62 Å². The molecule has 0 amide bonds. The van der Waals surface area contributed by atoms with Crippen molar-refractivity contribution >= 4 is 22.2 Å². The first-order chi connectivity index (χ1) is 15.1. The number of nitrogens with one attached hydrogen (secondary N) is 1. The van der Waals surface area contributed by atoms with Crippen LogP contribution in [0.4, 0.5) is 4.39 Å². The maximum atomic E-state index is 14.2. The van der Waals surface area contributed by atoms with Gasteiger partial charge in [-0.25, -0.2) is 12.8 Å². The summed E-state index contributed by atoms with van der Waals surface area (Å²) in [6, 6.07) is 23.6. The van der Waals surface area contributed by atoms with Gasteiger partial charge in [-0.1, -0.05) is 78.9 Å². The first kappa shape index (κ1) is 20.1. The molecule has 5 rings (SSSR count). The van der Waals surface area contributed by atoms with Crippen molar-refractivity contribution in [2.24, 2.45) is 0 Å². The Kier molecular flexibility index (Phi) is 5.22. The van der Waals surface area contributed by atoms with Crippen LogP contribution in [0.2, 0.25) is 0 Å². The van der Waals surface area contributed by atoms with E-state index in [1.807, 2.05) is 18.2 Å². The average Bonchev–Trinajstić information content (AvgIpc) is 2.80. The van der Waals surface area contributed by atoms with Gasteiger partial charge in [0.25, 0.3) is 0 Å². The Morgan fingerprint density at radius 2 is 1.39 bits per heavy atom. The molecule has 0 radical (unpaired) electrons. The summed E-state index contributed by atoms with van der Waals surface area (Å²) < 4.78 is 42.0. The van der Waals surface area contributed by atoms with Crippen molar-refractivity contribution in [2.75, 3.05) is 13.1 Å². The van der Waals surface area contributed by atoms with E-state index in [0.29, 0.717) is 13.1 Å². The molecule has 4 nitrogen and oxygen atoms in total. The number of sulfonamides is 1. The molecule has 2 saturated heterocycles. The molecule has 1 N–H and O–H groups in total. The van der Waals surface area contributed by atoms with Crippen molar-refractivity contribution in [3.63, 3.8) is 0 Å². The Hall–Kier alpha value is -2.80. The van der Waals surface area contributed by atoms with Crippen molar-refractivity contribution in [2.45, 2.75) is 22.9 Å². The van der Waals surface area contributed by atoms with E-state index in [2.05, 4.69) is 53.9 Å². The Balaban J connectivity index is 1.37. The van der Waals surface area contributed by atoms with Crippen LogP contribution in [0.3, 0.4) is 0 Å². The summed E-state index contributed by atoms with van der Waals surface area (Å²) in [5.41, 5.74) is 3.35. The molecule has 3 aromatic rings. The Bertz CT molecular complexity index is 1200. The molecule has 2 aliphatic heterocycles. The van der Waals surface area contributed by atoms with Gasteiger partial charge in [0.15, 0.2) is 0 Å². The fraction of sp³-hybridized carbons (Fsp3) is 0.200. The standard InChI is InChI=1S/C25H23FN2O2S/c26-21-8-4-5-9-24(21)31(29,30)28-22-16-27-17-23(28)25(22)20-14-12-19(13-15-20)11-10-18-6-2-1-3-7-18/h1-15,22-23,25,27H,16-17H2/b11-10+/t22-,23+,25?. The second kappa shape index (κ2) is 8.04. The zero-order chi connectivity index (χ0) is 21.4. The molecule has 158 valence electrons.